The Morgan fingerprint density at radius 3 is 2.30 bits per heavy atom. The van der Waals surface area contributed by atoms with Crippen LogP contribution < -0.4 is 4.74 Å². The molecule has 0 fully saturated rings. The number of rotatable bonds is 5. The van der Waals surface area contributed by atoms with Crippen LogP contribution >= 0.6 is 11.6 Å². The molecular formula is C17H17ClFNO3. The van der Waals surface area contributed by atoms with Gasteiger partial charge in [-0.15, -0.1) is 0 Å². The molecule has 1 atom stereocenters. The van der Waals surface area contributed by atoms with E-state index in [-0.39, 0.29) is 34.0 Å². The van der Waals surface area contributed by atoms with Crippen molar-refractivity contribution in [3.8, 4) is 11.5 Å². The summed E-state index contributed by atoms with van der Waals surface area (Å²) in [5.74, 6) is 0.205. The second-order valence-corrected chi connectivity index (χ2v) is 6.10. The molecule has 0 aliphatic carbocycles. The zero-order chi connectivity index (χ0) is 17.1. The van der Waals surface area contributed by atoms with Crippen molar-refractivity contribution < 1.29 is 14.1 Å². The summed E-state index contributed by atoms with van der Waals surface area (Å²) < 4.78 is 18.9. The number of hydrogen-bond acceptors (Lipinski definition) is 3. The van der Waals surface area contributed by atoms with Gasteiger partial charge in [0, 0.05) is 11.6 Å². The number of nitro benzene ring substituents is 1. The van der Waals surface area contributed by atoms with Gasteiger partial charge in [0.15, 0.2) is 0 Å². The van der Waals surface area contributed by atoms with Gasteiger partial charge in [0.25, 0.3) is 5.69 Å². The van der Waals surface area contributed by atoms with E-state index in [4.69, 9.17) is 16.3 Å². The van der Waals surface area contributed by atoms with Crippen LogP contribution in [0, 0.1) is 21.8 Å². The summed E-state index contributed by atoms with van der Waals surface area (Å²) in [6, 6.07) is 8.70. The lowest BCUT2D eigenvalue weighted by molar-refractivity contribution is -0.385. The molecule has 0 bridgehead atoms. The third-order valence-electron chi connectivity index (χ3n) is 3.82. The molecule has 0 radical (unpaired) electrons. The molecule has 122 valence electrons. The van der Waals surface area contributed by atoms with Gasteiger partial charge >= 0.3 is 0 Å². The first-order valence-electron chi connectivity index (χ1n) is 7.21. The van der Waals surface area contributed by atoms with Crippen LogP contribution in [0.15, 0.2) is 36.4 Å². The summed E-state index contributed by atoms with van der Waals surface area (Å²) in [7, 11) is 0. The first-order valence-corrected chi connectivity index (χ1v) is 7.58. The molecule has 0 saturated heterocycles. The Morgan fingerprint density at radius 2 is 1.74 bits per heavy atom. The van der Waals surface area contributed by atoms with Crippen molar-refractivity contribution in [3.63, 3.8) is 0 Å². The molecule has 0 saturated carbocycles. The van der Waals surface area contributed by atoms with E-state index in [1.54, 1.807) is 12.1 Å². The molecule has 0 aliphatic rings. The Bertz CT molecular complexity index is 734. The van der Waals surface area contributed by atoms with Crippen molar-refractivity contribution in [1.29, 1.82) is 0 Å². The minimum atomic E-state index is -0.608. The van der Waals surface area contributed by atoms with E-state index in [2.05, 4.69) is 0 Å². The average Bonchev–Trinajstić information content (AvgIpc) is 2.50. The van der Waals surface area contributed by atoms with Crippen LogP contribution in [-0.2, 0) is 0 Å². The maximum Gasteiger partial charge on any atom is 0.276 e. The molecule has 2 aromatic rings. The molecule has 0 aromatic heterocycles. The molecule has 6 heteroatoms. The van der Waals surface area contributed by atoms with E-state index >= 15 is 0 Å². The Balaban J connectivity index is 2.35. The standard InChI is InChI=1S/C17H17ClFNO3/c1-10(2)11(3)14-6-4-13(9-17(14)20(21)22)23-12-5-7-15(18)16(19)8-12/h4-11H,1-3H3. The predicted octanol–water partition coefficient (Wildman–Crippen LogP) is 5.94. The van der Waals surface area contributed by atoms with Crippen molar-refractivity contribution in [2.24, 2.45) is 5.92 Å². The van der Waals surface area contributed by atoms with E-state index in [1.165, 1.54) is 18.2 Å². The molecule has 4 nitrogen and oxygen atoms in total. The summed E-state index contributed by atoms with van der Waals surface area (Å²) in [6.45, 7) is 5.96. The molecule has 0 amide bonds. The van der Waals surface area contributed by atoms with Gasteiger partial charge in [0.1, 0.15) is 17.3 Å². The molecule has 0 aliphatic heterocycles. The van der Waals surface area contributed by atoms with E-state index in [1.807, 2.05) is 20.8 Å². The zero-order valence-electron chi connectivity index (χ0n) is 13.0. The maximum absolute atomic E-state index is 13.4. The normalized spacial score (nSPS) is 12.3. The second-order valence-electron chi connectivity index (χ2n) is 5.69. The minimum Gasteiger partial charge on any atom is -0.457 e. The number of benzene rings is 2. The molecule has 1 unspecified atom stereocenters. The average molecular weight is 338 g/mol. The molecule has 23 heavy (non-hydrogen) atoms. The lowest BCUT2D eigenvalue weighted by atomic mass is 9.89. The highest BCUT2D eigenvalue weighted by Gasteiger charge is 2.22. The largest absolute Gasteiger partial charge is 0.457 e. The highest BCUT2D eigenvalue weighted by Crippen LogP contribution is 2.35. The van der Waals surface area contributed by atoms with Crippen LogP contribution in [0.2, 0.25) is 5.02 Å². The Kier molecular flexibility index (Phi) is 5.21. The lowest BCUT2D eigenvalue weighted by Gasteiger charge is -2.16. The number of halogens is 2. The van der Waals surface area contributed by atoms with Crippen molar-refractivity contribution in [1.82, 2.24) is 0 Å². The van der Waals surface area contributed by atoms with Gasteiger partial charge in [0.2, 0.25) is 0 Å². The highest BCUT2D eigenvalue weighted by molar-refractivity contribution is 6.30. The van der Waals surface area contributed by atoms with Crippen molar-refractivity contribution in [2.45, 2.75) is 26.7 Å². The molecule has 2 aromatic carbocycles. The van der Waals surface area contributed by atoms with Gasteiger partial charge in [-0.2, -0.15) is 0 Å². The van der Waals surface area contributed by atoms with E-state index in [0.29, 0.717) is 5.56 Å². The summed E-state index contributed by atoms with van der Waals surface area (Å²) >= 11 is 5.62. The van der Waals surface area contributed by atoms with Crippen molar-refractivity contribution in [2.75, 3.05) is 0 Å². The first kappa shape index (κ1) is 17.2. The Hall–Kier alpha value is -2.14. The van der Waals surface area contributed by atoms with E-state index in [0.717, 1.165) is 6.07 Å². The number of hydrogen-bond donors (Lipinski definition) is 0. The van der Waals surface area contributed by atoms with Gasteiger partial charge in [0.05, 0.1) is 16.0 Å². The summed E-state index contributed by atoms with van der Waals surface area (Å²) in [6.07, 6.45) is 0. The van der Waals surface area contributed by atoms with Gasteiger partial charge in [-0.3, -0.25) is 10.1 Å². The number of nitrogens with zero attached hydrogens (tertiary/aromatic N) is 1. The third kappa shape index (κ3) is 3.99. The second kappa shape index (κ2) is 6.96. The number of ether oxygens (including phenoxy) is 1. The quantitative estimate of drug-likeness (QED) is 0.501. The maximum atomic E-state index is 13.4. The SMILES string of the molecule is CC(C)C(C)c1ccc(Oc2ccc(Cl)c(F)c2)cc1[N+](=O)[O-]. The summed E-state index contributed by atoms with van der Waals surface area (Å²) in [5, 5.41) is 11.3. The predicted molar refractivity (Wildman–Crippen MR) is 87.8 cm³/mol. The van der Waals surface area contributed by atoms with Crippen LogP contribution in [0.3, 0.4) is 0 Å². The van der Waals surface area contributed by atoms with Crippen LogP contribution in [0.5, 0.6) is 11.5 Å². The minimum absolute atomic E-state index is 0.00173. The molecule has 0 spiro atoms. The van der Waals surface area contributed by atoms with Crippen LogP contribution in [0.1, 0.15) is 32.3 Å². The summed E-state index contributed by atoms with van der Waals surface area (Å²) in [4.78, 5) is 10.9. The fourth-order valence-electron chi connectivity index (χ4n) is 2.17. The molecule has 2 rings (SSSR count). The monoisotopic (exact) mass is 337 g/mol. The van der Waals surface area contributed by atoms with Gasteiger partial charge in [-0.05, 0) is 36.1 Å². The number of nitro groups is 1. The van der Waals surface area contributed by atoms with Gasteiger partial charge in [-0.1, -0.05) is 32.4 Å². The van der Waals surface area contributed by atoms with Crippen LogP contribution in [0.4, 0.5) is 10.1 Å². The van der Waals surface area contributed by atoms with Crippen molar-refractivity contribution in [3.05, 3.63) is 62.9 Å². The van der Waals surface area contributed by atoms with Crippen LogP contribution in [0.25, 0.3) is 0 Å². The van der Waals surface area contributed by atoms with Gasteiger partial charge < -0.3 is 4.74 Å². The van der Waals surface area contributed by atoms with Gasteiger partial charge in [-0.25, -0.2) is 4.39 Å². The molecule has 0 heterocycles. The lowest BCUT2D eigenvalue weighted by Crippen LogP contribution is -2.05. The van der Waals surface area contributed by atoms with Crippen molar-refractivity contribution >= 4 is 17.3 Å². The third-order valence-corrected chi connectivity index (χ3v) is 4.12. The fourth-order valence-corrected chi connectivity index (χ4v) is 2.28. The van der Waals surface area contributed by atoms with Crippen LogP contribution in [-0.4, -0.2) is 4.92 Å². The Morgan fingerprint density at radius 1 is 1.13 bits per heavy atom. The smallest absolute Gasteiger partial charge is 0.276 e. The first-order chi connectivity index (χ1) is 10.8. The zero-order valence-corrected chi connectivity index (χ0v) is 13.8. The topological polar surface area (TPSA) is 52.4 Å². The Labute approximate surface area is 139 Å². The van der Waals surface area contributed by atoms with E-state index < -0.39 is 10.7 Å². The molecule has 0 N–H and O–H groups in total. The van der Waals surface area contributed by atoms with E-state index in [9.17, 15) is 14.5 Å². The summed E-state index contributed by atoms with van der Waals surface area (Å²) in [5.41, 5.74) is 0.651. The molecular weight excluding hydrogens is 321 g/mol. The highest BCUT2D eigenvalue weighted by atomic mass is 35.5. The fraction of sp³-hybridized carbons (Fsp3) is 0.294.